The number of aldehydes is 1. The van der Waals surface area contributed by atoms with Gasteiger partial charge in [-0.3, -0.25) is 4.79 Å². The van der Waals surface area contributed by atoms with Gasteiger partial charge >= 0.3 is 0 Å². The Balaban J connectivity index is 2.38. The fourth-order valence-corrected chi connectivity index (χ4v) is 1.54. The zero-order chi connectivity index (χ0) is 9.10. The van der Waals surface area contributed by atoms with Crippen molar-refractivity contribution in [1.29, 1.82) is 0 Å². The Labute approximate surface area is 79.2 Å². The first-order valence-electron chi connectivity index (χ1n) is 3.73. The molecular formula is C9H6N2OS. The lowest BCUT2D eigenvalue weighted by atomic mass is 10.1. The molecule has 2 aromatic rings. The normalized spacial score (nSPS) is 9.85. The van der Waals surface area contributed by atoms with Gasteiger partial charge in [0.25, 0.3) is 0 Å². The van der Waals surface area contributed by atoms with Crippen molar-refractivity contribution < 1.29 is 4.79 Å². The van der Waals surface area contributed by atoms with Gasteiger partial charge in [-0.2, -0.15) is 0 Å². The predicted molar refractivity (Wildman–Crippen MR) is 50.7 cm³/mol. The number of carbonyl (C=O) groups excluding carboxylic acids is 1. The second-order valence-corrected chi connectivity index (χ2v) is 3.31. The van der Waals surface area contributed by atoms with Crippen LogP contribution in [0.25, 0.3) is 10.4 Å². The Morgan fingerprint density at radius 1 is 1.23 bits per heavy atom. The number of benzene rings is 1. The molecule has 1 aromatic heterocycles. The zero-order valence-electron chi connectivity index (χ0n) is 6.68. The molecule has 0 radical (unpaired) electrons. The van der Waals surface area contributed by atoms with Crippen LogP contribution >= 0.6 is 11.5 Å². The van der Waals surface area contributed by atoms with E-state index >= 15 is 0 Å². The highest BCUT2D eigenvalue weighted by Gasteiger charge is 1.99. The molecule has 0 saturated carbocycles. The summed E-state index contributed by atoms with van der Waals surface area (Å²) in [7, 11) is 0. The average molecular weight is 190 g/mol. The smallest absolute Gasteiger partial charge is 0.150 e. The number of aromatic nitrogens is 2. The highest BCUT2D eigenvalue weighted by Crippen LogP contribution is 2.21. The van der Waals surface area contributed by atoms with E-state index in [4.69, 9.17) is 0 Å². The quantitative estimate of drug-likeness (QED) is 0.680. The molecule has 0 amide bonds. The second kappa shape index (κ2) is 3.45. The van der Waals surface area contributed by atoms with Crippen molar-refractivity contribution in [2.24, 2.45) is 0 Å². The van der Waals surface area contributed by atoms with Crippen LogP contribution in [-0.2, 0) is 0 Å². The lowest BCUT2D eigenvalue weighted by molar-refractivity contribution is 0.112. The van der Waals surface area contributed by atoms with E-state index in [1.807, 2.05) is 12.1 Å². The Morgan fingerprint density at radius 2 is 2.00 bits per heavy atom. The minimum atomic E-state index is 0.682. The van der Waals surface area contributed by atoms with Crippen LogP contribution in [0.5, 0.6) is 0 Å². The van der Waals surface area contributed by atoms with E-state index in [0.29, 0.717) is 5.56 Å². The number of carbonyl (C=O) groups is 1. The van der Waals surface area contributed by atoms with E-state index in [-0.39, 0.29) is 0 Å². The van der Waals surface area contributed by atoms with Gasteiger partial charge in [-0.05, 0) is 17.1 Å². The molecule has 0 spiro atoms. The van der Waals surface area contributed by atoms with Gasteiger partial charge in [0.05, 0.1) is 11.1 Å². The van der Waals surface area contributed by atoms with Crippen LogP contribution in [0, 0.1) is 0 Å². The molecular weight excluding hydrogens is 184 g/mol. The van der Waals surface area contributed by atoms with Gasteiger partial charge in [-0.25, -0.2) is 0 Å². The highest BCUT2D eigenvalue weighted by atomic mass is 32.1. The largest absolute Gasteiger partial charge is 0.298 e. The topological polar surface area (TPSA) is 42.9 Å². The average Bonchev–Trinajstić information content (AvgIpc) is 2.71. The van der Waals surface area contributed by atoms with E-state index in [2.05, 4.69) is 9.59 Å². The highest BCUT2D eigenvalue weighted by molar-refractivity contribution is 7.09. The molecule has 13 heavy (non-hydrogen) atoms. The summed E-state index contributed by atoms with van der Waals surface area (Å²) in [6.07, 6.45) is 2.54. The predicted octanol–water partition coefficient (Wildman–Crippen LogP) is 2.02. The SMILES string of the molecule is O=Cc1ccc(-c2cnns2)cc1. The lowest BCUT2D eigenvalue weighted by Crippen LogP contribution is -1.78. The van der Waals surface area contributed by atoms with E-state index in [0.717, 1.165) is 16.7 Å². The van der Waals surface area contributed by atoms with Crippen molar-refractivity contribution in [2.75, 3.05) is 0 Å². The van der Waals surface area contributed by atoms with E-state index < -0.39 is 0 Å². The minimum absolute atomic E-state index is 0.682. The molecule has 0 N–H and O–H groups in total. The Morgan fingerprint density at radius 3 is 2.54 bits per heavy atom. The summed E-state index contributed by atoms with van der Waals surface area (Å²) < 4.78 is 3.76. The molecule has 1 aromatic carbocycles. The molecule has 3 nitrogen and oxygen atoms in total. The third-order valence-corrected chi connectivity index (χ3v) is 2.41. The number of hydrogen-bond acceptors (Lipinski definition) is 4. The Kier molecular flexibility index (Phi) is 2.14. The zero-order valence-corrected chi connectivity index (χ0v) is 7.49. The fourth-order valence-electron chi connectivity index (χ4n) is 1.02. The summed E-state index contributed by atoms with van der Waals surface area (Å²) in [6.45, 7) is 0. The maximum Gasteiger partial charge on any atom is 0.150 e. The number of rotatable bonds is 2. The summed E-state index contributed by atoms with van der Waals surface area (Å²) in [6, 6.07) is 7.34. The number of nitrogens with zero attached hydrogens (tertiary/aromatic N) is 2. The molecule has 0 atom stereocenters. The van der Waals surface area contributed by atoms with Crippen LogP contribution in [0.3, 0.4) is 0 Å². The van der Waals surface area contributed by atoms with Crippen molar-refractivity contribution >= 4 is 17.8 Å². The molecule has 0 unspecified atom stereocenters. The molecule has 1 heterocycles. The molecule has 0 fully saturated rings. The van der Waals surface area contributed by atoms with Gasteiger partial charge in [0, 0.05) is 5.56 Å². The molecule has 0 aliphatic rings. The molecule has 4 heteroatoms. The maximum atomic E-state index is 10.4. The van der Waals surface area contributed by atoms with Crippen LogP contribution in [0.15, 0.2) is 30.5 Å². The van der Waals surface area contributed by atoms with Crippen LogP contribution < -0.4 is 0 Å². The third kappa shape index (κ3) is 1.62. The summed E-state index contributed by atoms with van der Waals surface area (Å²) in [5.74, 6) is 0. The van der Waals surface area contributed by atoms with Crippen molar-refractivity contribution in [2.45, 2.75) is 0 Å². The minimum Gasteiger partial charge on any atom is -0.298 e. The van der Waals surface area contributed by atoms with Crippen molar-refractivity contribution in [3.8, 4) is 10.4 Å². The molecule has 0 bridgehead atoms. The Bertz CT molecular complexity index is 394. The van der Waals surface area contributed by atoms with Gasteiger partial charge in [0.15, 0.2) is 0 Å². The number of hydrogen-bond donors (Lipinski definition) is 0. The van der Waals surface area contributed by atoms with Crippen LogP contribution in [-0.4, -0.2) is 15.9 Å². The maximum absolute atomic E-state index is 10.4. The van der Waals surface area contributed by atoms with Crippen LogP contribution in [0.4, 0.5) is 0 Å². The van der Waals surface area contributed by atoms with Gasteiger partial charge in [0.1, 0.15) is 6.29 Å². The lowest BCUT2D eigenvalue weighted by Gasteiger charge is -1.94. The molecule has 64 valence electrons. The van der Waals surface area contributed by atoms with Crippen molar-refractivity contribution in [3.63, 3.8) is 0 Å². The van der Waals surface area contributed by atoms with Gasteiger partial charge in [-0.1, -0.05) is 28.8 Å². The van der Waals surface area contributed by atoms with Crippen LogP contribution in [0.1, 0.15) is 10.4 Å². The molecule has 0 saturated heterocycles. The standard InChI is InChI=1S/C9H6N2OS/c12-6-7-1-3-8(4-2-7)9-5-10-11-13-9/h1-6H. The summed E-state index contributed by atoms with van der Waals surface area (Å²) in [4.78, 5) is 11.4. The molecule has 0 aliphatic carbocycles. The van der Waals surface area contributed by atoms with Crippen LogP contribution in [0.2, 0.25) is 0 Å². The molecule has 0 aliphatic heterocycles. The van der Waals surface area contributed by atoms with Gasteiger partial charge in [0.2, 0.25) is 0 Å². The summed E-state index contributed by atoms with van der Waals surface area (Å²) in [5, 5.41) is 3.74. The first kappa shape index (κ1) is 8.07. The first-order valence-corrected chi connectivity index (χ1v) is 4.50. The van der Waals surface area contributed by atoms with Gasteiger partial charge in [-0.15, -0.1) is 5.10 Å². The fraction of sp³-hybridized carbons (Fsp3) is 0. The summed E-state index contributed by atoms with van der Waals surface area (Å²) in [5.41, 5.74) is 1.72. The van der Waals surface area contributed by atoms with Crippen molar-refractivity contribution in [1.82, 2.24) is 9.59 Å². The molecule has 2 rings (SSSR count). The first-order chi connectivity index (χ1) is 6.40. The monoisotopic (exact) mass is 190 g/mol. The van der Waals surface area contributed by atoms with Crippen molar-refractivity contribution in [3.05, 3.63) is 36.0 Å². The van der Waals surface area contributed by atoms with E-state index in [1.54, 1.807) is 18.3 Å². The van der Waals surface area contributed by atoms with E-state index in [1.165, 1.54) is 11.5 Å². The Hall–Kier alpha value is -1.55. The van der Waals surface area contributed by atoms with Gasteiger partial charge < -0.3 is 0 Å². The van der Waals surface area contributed by atoms with E-state index in [9.17, 15) is 4.79 Å². The third-order valence-electron chi connectivity index (χ3n) is 1.69. The second-order valence-electron chi connectivity index (χ2n) is 2.52. The summed E-state index contributed by atoms with van der Waals surface area (Å²) >= 11 is 1.34.